The summed E-state index contributed by atoms with van der Waals surface area (Å²) in [5, 5.41) is 13.8. The van der Waals surface area contributed by atoms with Gasteiger partial charge in [-0.2, -0.15) is 5.21 Å². The molecule has 1 amide bonds. The molecular weight excluding hydrogens is 248 g/mol. The van der Waals surface area contributed by atoms with E-state index in [4.69, 9.17) is 5.73 Å². The molecule has 2 rings (SSSR count). The highest BCUT2D eigenvalue weighted by atomic mass is 16.1. The van der Waals surface area contributed by atoms with Crippen LogP contribution in [0.25, 0.3) is 0 Å². The summed E-state index contributed by atoms with van der Waals surface area (Å²) in [7, 11) is 0. The summed E-state index contributed by atoms with van der Waals surface area (Å²) in [6, 6.07) is 0.0648. The lowest BCUT2D eigenvalue weighted by atomic mass is 10.2. The lowest BCUT2D eigenvalue weighted by molar-refractivity contribution is 0.0995. The van der Waals surface area contributed by atoms with E-state index in [2.05, 4.69) is 30.6 Å². The molecule has 0 radical (unpaired) electrons. The van der Waals surface area contributed by atoms with Crippen molar-refractivity contribution in [3.8, 4) is 0 Å². The first-order chi connectivity index (χ1) is 9.13. The zero-order chi connectivity index (χ0) is 13.8. The Morgan fingerprint density at radius 1 is 1.53 bits per heavy atom. The third kappa shape index (κ3) is 2.64. The molecule has 100 valence electrons. The Labute approximate surface area is 109 Å². The molecule has 2 aromatic rings. The van der Waals surface area contributed by atoms with E-state index in [-0.39, 0.29) is 11.7 Å². The van der Waals surface area contributed by atoms with Crippen molar-refractivity contribution in [2.75, 3.05) is 4.90 Å². The molecule has 0 bridgehead atoms. The number of nitrogens with one attached hydrogen (secondary N) is 1. The number of tetrazole rings is 1. The molecule has 0 fully saturated rings. The molecular formula is C10H14N8O. The number of H-pyrrole nitrogens is 1. The molecule has 3 N–H and O–H groups in total. The average Bonchev–Trinajstić information content (AvgIpc) is 2.93. The van der Waals surface area contributed by atoms with Gasteiger partial charge < -0.3 is 5.73 Å². The zero-order valence-electron chi connectivity index (χ0n) is 10.6. The quantitative estimate of drug-likeness (QED) is 0.777. The number of primary amides is 1. The van der Waals surface area contributed by atoms with Crippen molar-refractivity contribution >= 4 is 17.7 Å². The van der Waals surface area contributed by atoms with Crippen molar-refractivity contribution in [1.29, 1.82) is 0 Å². The van der Waals surface area contributed by atoms with Crippen molar-refractivity contribution in [2.24, 2.45) is 5.73 Å². The Hall–Kier alpha value is -2.58. The Kier molecular flexibility index (Phi) is 3.64. The molecule has 0 aliphatic heterocycles. The summed E-state index contributed by atoms with van der Waals surface area (Å²) in [6.45, 7) is 4.00. The van der Waals surface area contributed by atoms with Crippen LogP contribution in [0.1, 0.15) is 30.8 Å². The van der Waals surface area contributed by atoms with Gasteiger partial charge in [0.1, 0.15) is 5.69 Å². The number of carbonyl (C=O) groups is 1. The van der Waals surface area contributed by atoms with Gasteiger partial charge in [0.2, 0.25) is 0 Å². The summed E-state index contributed by atoms with van der Waals surface area (Å²) in [5.74, 6) is 0.184. The molecule has 1 unspecified atom stereocenters. The van der Waals surface area contributed by atoms with Crippen molar-refractivity contribution in [1.82, 2.24) is 30.6 Å². The van der Waals surface area contributed by atoms with E-state index >= 15 is 0 Å². The third-order valence-electron chi connectivity index (χ3n) is 2.70. The SMILES string of the molecule is CCC(C)N(c1cncc(C(N)=O)n1)c1nn[nH]n1. The zero-order valence-corrected chi connectivity index (χ0v) is 10.6. The highest BCUT2D eigenvalue weighted by Gasteiger charge is 2.21. The number of nitrogens with two attached hydrogens (primary N) is 1. The number of aromatic nitrogens is 6. The maximum Gasteiger partial charge on any atom is 0.271 e. The van der Waals surface area contributed by atoms with E-state index in [1.807, 2.05) is 13.8 Å². The molecule has 0 aliphatic carbocycles. The van der Waals surface area contributed by atoms with Crippen LogP contribution in [0.3, 0.4) is 0 Å². The largest absolute Gasteiger partial charge is 0.364 e. The number of anilines is 2. The molecule has 9 heteroatoms. The number of rotatable bonds is 5. The van der Waals surface area contributed by atoms with Gasteiger partial charge >= 0.3 is 0 Å². The molecule has 0 saturated heterocycles. The topological polar surface area (TPSA) is 127 Å². The maximum atomic E-state index is 11.2. The highest BCUT2D eigenvalue weighted by Crippen LogP contribution is 2.22. The minimum Gasteiger partial charge on any atom is -0.364 e. The Bertz CT molecular complexity index is 554. The minimum atomic E-state index is -0.633. The first kappa shape index (κ1) is 12.9. The van der Waals surface area contributed by atoms with Crippen molar-refractivity contribution in [3.63, 3.8) is 0 Å². The van der Waals surface area contributed by atoms with Gasteiger partial charge in [-0.05, 0) is 18.6 Å². The summed E-state index contributed by atoms with van der Waals surface area (Å²) in [4.78, 5) is 21.0. The van der Waals surface area contributed by atoms with Crippen LogP contribution in [-0.2, 0) is 0 Å². The van der Waals surface area contributed by atoms with E-state index in [9.17, 15) is 4.79 Å². The van der Waals surface area contributed by atoms with Crippen LogP contribution in [-0.4, -0.2) is 42.5 Å². The Morgan fingerprint density at radius 3 is 2.89 bits per heavy atom. The number of amides is 1. The number of hydrogen-bond acceptors (Lipinski definition) is 7. The lowest BCUT2D eigenvalue weighted by Crippen LogP contribution is -2.30. The van der Waals surface area contributed by atoms with Crippen LogP contribution in [0.2, 0.25) is 0 Å². The van der Waals surface area contributed by atoms with E-state index < -0.39 is 5.91 Å². The number of carbonyl (C=O) groups excluding carboxylic acids is 1. The predicted octanol–water partition coefficient (Wildman–Crippen LogP) is 0.0252. The summed E-state index contributed by atoms with van der Waals surface area (Å²) in [6.07, 6.45) is 3.67. The van der Waals surface area contributed by atoms with Gasteiger partial charge in [-0.15, -0.1) is 5.10 Å². The van der Waals surface area contributed by atoms with E-state index in [0.717, 1.165) is 6.42 Å². The monoisotopic (exact) mass is 262 g/mol. The number of aromatic amines is 1. The maximum absolute atomic E-state index is 11.2. The molecule has 19 heavy (non-hydrogen) atoms. The molecule has 0 spiro atoms. The first-order valence-electron chi connectivity index (χ1n) is 5.78. The van der Waals surface area contributed by atoms with Crippen molar-refractivity contribution in [2.45, 2.75) is 26.3 Å². The summed E-state index contributed by atoms with van der Waals surface area (Å²) >= 11 is 0. The fraction of sp³-hybridized carbons (Fsp3) is 0.400. The molecule has 2 heterocycles. The van der Waals surface area contributed by atoms with Crippen LogP contribution < -0.4 is 10.6 Å². The van der Waals surface area contributed by atoms with Crippen molar-refractivity contribution in [3.05, 3.63) is 18.1 Å². The average molecular weight is 262 g/mol. The van der Waals surface area contributed by atoms with Gasteiger partial charge in [0.25, 0.3) is 11.9 Å². The normalized spacial score (nSPS) is 12.1. The smallest absolute Gasteiger partial charge is 0.271 e. The fourth-order valence-electron chi connectivity index (χ4n) is 1.56. The van der Waals surface area contributed by atoms with Gasteiger partial charge in [0.15, 0.2) is 5.82 Å². The number of hydrogen-bond donors (Lipinski definition) is 2. The van der Waals surface area contributed by atoms with Gasteiger partial charge in [-0.3, -0.25) is 14.7 Å². The summed E-state index contributed by atoms with van der Waals surface area (Å²) < 4.78 is 0. The fourth-order valence-corrected chi connectivity index (χ4v) is 1.56. The Morgan fingerprint density at radius 2 is 2.32 bits per heavy atom. The van der Waals surface area contributed by atoms with E-state index in [0.29, 0.717) is 11.8 Å². The highest BCUT2D eigenvalue weighted by molar-refractivity contribution is 5.90. The second-order valence-corrected chi connectivity index (χ2v) is 3.97. The van der Waals surface area contributed by atoms with Crippen LogP contribution in [0.5, 0.6) is 0 Å². The minimum absolute atomic E-state index is 0.0648. The van der Waals surface area contributed by atoms with Crippen LogP contribution in [0.4, 0.5) is 11.8 Å². The van der Waals surface area contributed by atoms with Crippen LogP contribution in [0, 0.1) is 0 Å². The first-order valence-corrected chi connectivity index (χ1v) is 5.78. The van der Waals surface area contributed by atoms with Crippen LogP contribution >= 0.6 is 0 Å². The summed E-state index contributed by atoms with van der Waals surface area (Å²) in [5.41, 5.74) is 5.29. The van der Waals surface area contributed by atoms with Crippen LogP contribution in [0.15, 0.2) is 12.4 Å². The predicted molar refractivity (Wildman–Crippen MR) is 66.6 cm³/mol. The second kappa shape index (κ2) is 5.38. The molecule has 9 nitrogen and oxygen atoms in total. The molecule has 1 atom stereocenters. The molecule has 0 aromatic carbocycles. The molecule has 0 saturated carbocycles. The molecule has 0 aliphatic rings. The standard InChI is InChI=1S/C10H14N8O/c1-3-6(2)18(10-14-16-17-15-10)8-5-12-4-7(13-8)9(11)19/h4-6H,3H2,1-2H3,(H2,11,19)(H,14,15,16,17). The van der Waals surface area contributed by atoms with Gasteiger partial charge in [0.05, 0.1) is 12.4 Å². The number of nitrogens with zero attached hydrogens (tertiary/aromatic N) is 6. The van der Waals surface area contributed by atoms with Gasteiger partial charge in [-0.25, -0.2) is 4.98 Å². The second-order valence-electron chi connectivity index (χ2n) is 3.97. The lowest BCUT2D eigenvalue weighted by Gasteiger charge is -2.25. The molecule has 2 aromatic heterocycles. The van der Waals surface area contributed by atoms with Gasteiger partial charge in [-0.1, -0.05) is 12.0 Å². The Balaban J connectivity index is 2.44. The third-order valence-corrected chi connectivity index (χ3v) is 2.70. The van der Waals surface area contributed by atoms with E-state index in [1.165, 1.54) is 12.4 Å². The van der Waals surface area contributed by atoms with Gasteiger partial charge in [0, 0.05) is 6.04 Å². The van der Waals surface area contributed by atoms with E-state index in [1.54, 1.807) is 4.90 Å². The van der Waals surface area contributed by atoms with Crippen molar-refractivity contribution < 1.29 is 4.79 Å².